The van der Waals surface area contributed by atoms with E-state index in [9.17, 15) is 23.2 Å². The zero-order valence-corrected chi connectivity index (χ0v) is 10.8. The van der Waals surface area contributed by atoms with Crippen LogP contribution >= 0.6 is 0 Å². The lowest BCUT2D eigenvalue weighted by Gasteiger charge is -2.19. The molecule has 1 aromatic rings. The van der Waals surface area contributed by atoms with Gasteiger partial charge in [0.15, 0.2) is 11.6 Å². The quantitative estimate of drug-likeness (QED) is 0.688. The van der Waals surface area contributed by atoms with E-state index in [0.29, 0.717) is 4.90 Å². The van der Waals surface area contributed by atoms with E-state index in [1.165, 1.54) is 6.07 Å². The number of carbonyl (C=O) groups is 3. The number of benzene rings is 1. The number of amides is 3. The summed E-state index contributed by atoms with van der Waals surface area (Å²) in [6.45, 7) is -1.45. The van der Waals surface area contributed by atoms with Crippen molar-refractivity contribution in [2.24, 2.45) is 5.73 Å². The monoisotopic (exact) mass is 301 g/mol. The molecule has 0 aliphatic rings. The molecule has 0 atom stereocenters. The number of urea groups is 1. The van der Waals surface area contributed by atoms with Gasteiger partial charge in [-0.2, -0.15) is 0 Å². The van der Waals surface area contributed by atoms with Crippen LogP contribution in [0.25, 0.3) is 0 Å². The number of carboxylic acids is 1. The second-order valence-electron chi connectivity index (χ2n) is 4.12. The van der Waals surface area contributed by atoms with Crippen LogP contribution in [0.2, 0.25) is 0 Å². The maximum atomic E-state index is 13.0. The second kappa shape index (κ2) is 7.17. The summed E-state index contributed by atoms with van der Waals surface area (Å²) in [5.74, 6) is -4.29. The van der Waals surface area contributed by atoms with Gasteiger partial charge in [0.2, 0.25) is 5.91 Å². The topological polar surface area (TPSA) is 113 Å². The van der Waals surface area contributed by atoms with E-state index >= 15 is 0 Å². The van der Waals surface area contributed by atoms with Gasteiger partial charge in [-0.15, -0.1) is 0 Å². The Kier molecular flexibility index (Phi) is 5.58. The van der Waals surface area contributed by atoms with Crippen LogP contribution in [0.1, 0.15) is 5.56 Å². The van der Waals surface area contributed by atoms with E-state index in [1.807, 2.05) is 0 Å². The van der Waals surface area contributed by atoms with E-state index in [1.54, 1.807) is 0 Å². The SMILES string of the molecule is NC(=O)CN(CC(=O)O)C(=O)NCc1ccc(F)c(F)c1. The molecule has 0 saturated carbocycles. The molecule has 9 heteroatoms. The highest BCUT2D eigenvalue weighted by Crippen LogP contribution is 2.08. The van der Waals surface area contributed by atoms with Crippen molar-refractivity contribution < 1.29 is 28.3 Å². The maximum Gasteiger partial charge on any atom is 0.323 e. The molecule has 21 heavy (non-hydrogen) atoms. The third-order valence-electron chi connectivity index (χ3n) is 2.39. The largest absolute Gasteiger partial charge is 0.480 e. The summed E-state index contributed by atoms with van der Waals surface area (Å²) >= 11 is 0. The molecule has 114 valence electrons. The van der Waals surface area contributed by atoms with Crippen LogP contribution in [0.3, 0.4) is 0 Å². The minimum absolute atomic E-state index is 0.162. The summed E-state index contributed by atoms with van der Waals surface area (Å²) in [4.78, 5) is 33.8. The Morgan fingerprint density at radius 1 is 1.19 bits per heavy atom. The van der Waals surface area contributed by atoms with Crippen LogP contribution < -0.4 is 11.1 Å². The van der Waals surface area contributed by atoms with Gasteiger partial charge in [-0.05, 0) is 17.7 Å². The van der Waals surface area contributed by atoms with Gasteiger partial charge < -0.3 is 21.1 Å². The Morgan fingerprint density at radius 3 is 2.38 bits per heavy atom. The first-order chi connectivity index (χ1) is 9.79. The summed E-state index contributed by atoms with van der Waals surface area (Å²) in [5, 5.41) is 10.9. The van der Waals surface area contributed by atoms with Crippen molar-refractivity contribution in [3.05, 3.63) is 35.4 Å². The Morgan fingerprint density at radius 2 is 1.86 bits per heavy atom. The molecule has 7 nitrogen and oxygen atoms in total. The van der Waals surface area contributed by atoms with Crippen LogP contribution in [-0.2, 0) is 16.1 Å². The molecule has 0 heterocycles. The number of aliphatic carboxylic acids is 1. The van der Waals surface area contributed by atoms with Crippen molar-refractivity contribution in [1.29, 1.82) is 0 Å². The number of rotatable bonds is 6. The van der Waals surface area contributed by atoms with Crippen molar-refractivity contribution in [2.45, 2.75) is 6.54 Å². The van der Waals surface area contributed by atoms with Gasteiger partial charge >= 0.3 is 12.0 Å². The second-order valence-corrected chi connectivity index (χ2v) is 4.12. The van der Waals surface area contributed by atoms with Crippen molar-refractivity contribution in [3.63, 3.8) is 0 Å². The molecule has 0 aliphatic heterocycles. The molecule has 0 saturated heterocycles. The number of nitrogens with zero attached hydrogens (tertiary/aromatic N) is 1. The minimum Gasteiger partial charge on any atom is -0.480 e. The number of primary amides is 1. The lowest BCUT2D eigenvalue weighted by molar-refractivity contribution is -0.137. The predicted octanol–water partition coefficient (Wildman–Crippen LogP) is 0.0463. The fourth-order valence-corrected chi connectivity index (χ4v) is 1.49. The number of carboxylic acid groups (broad SMARTS) is 1. The molecule has 0 bridgehead atoms. The number of hydrogen-bond acceptors (Lipinski definition) is 3. The average Bonchev–Trinajstić information content (AvgIpc) is 2.38. The van der Waals surface area contributed by atoms with Gasteiger partial charge in [0, 0.05) is 6.54 Å². The van der Waals surface area contributed by atoms with Crippen molar-refractivity contribution in [3.8, 4) is 0 Å². The van der Waals surface area contributed by atoms with Gasteiger partial charge in [-0.3, -0.25) is 9.59 Å². The van der Waals surface area contributed by atoms with Gasteiger partial charge in [-0.1, -0.05) is 6.07 Å². The minimum atomic E-state index is -1.32. The normalized spacial score (nSPS) is 10.0. The van der Waals surface area contributed by atoms with Crippen LogP contribution in [-0.4, -0.2) is 41.0 Å². The first kappa shape index (κ1) is 16.3. The first-order valence-electron chi connectivity index (χ1n) is 5.76. The zero-order chi connectivity index (χ0) is 16.0. The maximum absolute atomic E-state index is 13.0. The fraction of sp³-hybridized carbons (Fsp3) is 0.250. The molecule has 3 amide bonds. The van der Waals surface area contributed by atoms with E-state index in [0.717, 1.165) is 12.1 Å². The molecule has 0 aromatic heterocycles. The van der Waals surface area contributed by atoms with Crippen molar-refractivity contribution in [2.75, 3.05) is 13.1 Å². The van der Waals surface area contributed by atoms with Crippen LogP contribution in [0, 0.1) is 11.6 Å². The van der Waals surface area contributed by atoms with E-state index in [-0.39, 0.29) is 12.1 Å². The summed E-state index contributed by atoms with van der Waals surface area (Å²) in [6.07, 6.45) is 0. The molecule has 0 radical (unpaired) electrons. The lowest BCUT2D eigenvalue weighted by atomic mass is 10.2. The Balaban J connectivity index is 2.65. The molecular weight excluding hydrogens is 288 g/mol. The molecule has 0 unspecified atom stereocenters. The Labute approximate surface area is 118 Å². The summed E-state index contributed by atoms with van der Waals surface area (Å²) in [7, 11) is 0. The van der Waals surface area contributed by atoms with Crippen molar-refractivity contribution >= 4 is 17.9 Å². The Hall–Kier alpha value is -2.71. The van der Waals surface area contributed by atoms with Gasteiger partial charge in [0.25, 0.3) is 0 Å². The third kappa shape index (κ3) is 5.43. The molecular formula is C12H13F2N3O4. The number of hydrogen-bond donors (Lipinski definition) is 3. The highest BCUT2D eigenvalue weighted by molar-refractivity contribution is 5.85. The number of nitrogens with two attached hydrogens (primary N) is 1. The molecule has 0 spiro atoms. The van der Waals surface area contributed by atoms with Crippen molar-refractivity contribution in [1.82, 2.24) is 10.2 Å². The molecule has 0 aliphatic carbocycles. The fourth-order valence-electron chi connectivity index (χ4n) is 1.49. The number of nitrogens with one attached hydrogen (secondary N) is 1. The first-order valence-corrected chi connectivity index (χ1v) is 5.76. The number of halogens is 2. The van der Waals surface area contributed by atoms with E-state index in [2.05, 4.69) is 5.32 Å². The highest BCUT2D eigenvalue weighted by Gasteiger charge is 2.18. The number of carbonyl (C=O) groups excluding carboxylic acids is 2. The lowest BCUT2D eigenvalue weighted by Crippen LogP contribution is -2.46. The van der Waals surface area contributed by atoms with E-state index in [4.69, 9.17) is 10.8 Å². The van der Waals surface area contributed by atoms with Gasteiger partial charge in [0.05, 0.1) is 0 Å². The van der Waals surface area contributed by atoms with E-state index < -0.39 is 42.6 Å². The highest BCUT2D eigenvalue weighted by atomic mass is 19.2. The van der Waals surface area contributed by atoms with Crippen LogP contribution in [0.5, 0.6) is 0 Å². The zero-order valence-electron chi connectivity index (χ0n) is 10.8. The average molecular weight is 301 g/mol. The summed E-state index contributed by atoms with van der Waals surface area (Å²) in [6, 6.07) is 2.19. The van der Waals surface area contributed by atoms with Crippen LogP contribution in [0.15, 0.2) is 18.2 Å². The molecule has 1 rings (SSSR count). The van der Waals surface area contributed by atoms with Crippen LogP contribution in [0.4, 0.5) is 13.6 Å². The molecule has 4 N–H and O–H groups in total. The Bertz CT molecular complexity index is 549. The smallest absolute Gasteiger partial charge is 0.323 e. The predicted molar refractivity (Wildman–Crippen MR) is 67.0 cm³/mol. The standard InChI is InChI=1S/C12H13F2N3O4/c13-8-2-1-7(3-9(8)14)4-16-12(21)17(5-10(15)18)6-11(19)20/h1-3H,4-6H2,(H2,15,18)(H,16,21)(H,19,20). The van der Waals surface area contributed by atoms with Gasteiger partial charge in [-0.25, -0.2) is 13.6 Å². The summed E-state index contributed by atoms with van der Waals surface area (Å²) in [5.41, 5.74) is 5.18. The van der Waals surface area contributed by atoms with Gasteiger partial charge in [0.1, 0.15) is 13.1 Å². The molecule has 1 aromatic carbocycles. The third-order valence-corrected chi connectivity index (χ3v) is 2.39. The summed E-state index contributed by atoms with van der Waals surface area (Å²) < 4.78 is 25.7. The molecule has 0 fully saturated rings.